The molecule has 0 N–H and O–H groups in total. The molecule has 0 amide bonds. The molecule has 0 saturated carbocycles. The molecule has 4 aromatic carbocycles. The van der Waals surface area contributed by atoms with E-state index in [-0.39, 0.29) is 5.78 Å². The van der Waals surface area contributed by atoms with Crippen molar-refractivity contribution in [1.82, 2.24) is 4.90 Å². The number of benzene rings is 4. The van der Waals surface area contributed by atoms with Crippen LogP contribution in [0.5, 0.6) is 0 Å². The summed E-state index contributed by atoms with van der Waals surface area (Å²) in [6, 6.07) is 21.5. The molecular formula is C41H41F6NO2. The lowest BCUT2D eigenvalue weighted by atomic mass is 9.69. The molecule has 0 spiro atoms. The molecule has 3 nitrogen and oxygen atoms in total. The second kappa shape index (κ2) is 13.3. The van der Waals surface area contributed by atoms with Gasteiger partial charge < -0.3 is 4.74 Å². The van der Waals surface area contributed by atoms with Crippen molar-refractivity contribution < 1.29 is 35.9 Å². The van der Waals surface area contributed by atoms with Crippen molar-refractivity contribution in [2.75, 3.05) is 26.3 Å². The molecule has 0 atom stereocenters. The summed E-state index contributed by atoms with van der Waals surface area (Å²) < 4.78 is 86.6. The topological polar surface area (TPSA) is 29.5 Å². The van der Waals surface area contributed by atoms with E-state index < -0.39 is 34.4 Å². The van der Waals surface area contributed by atoms with Crippen molar-refractivity contribution in [3.8, 4) is 11.1 Å². The molecule has 0 aromatic heterocycles. The molecule has 1 saturated heterocycles. The number of alkyl halides is 6. The van der Waals surface area contributed by atoms with Crippen molar-refractivity contribution in [2.24, 2.45) is 0 Å². The fraction of sp³-hybridized carbons (Fsp3) is 0.390. The third-order valence-corrected chi connectivity index (χ3v) is 10.9. The Bertz CT molecular complexity index is 1830. The van der Waals surface area contributed by atoms with Crippen LogP contribution in [0.4, 0.5) is 26.3 Å². The number of ether oxygens (including phenoxy) is 1. The first kappa shape index (κ1) is 35.9. The predicted octanol–water partition coefficient (Wildman–Crippen LogP) is 10.2. The first-order valence-corrected chi connectivity index (χ1v) is 17.0. The quantitative estimate of drug-likeness (QED) is 0.129. The van der Waals surface area contributed by atoms with E-state index in [1.807, 2.05) is 50.2 Å². The molecule has 2 aliphatic rings. The smallest absolute Gasteiger partial charge is 0.379 e. The number of rotatable bonds is 9. The van der Waals surface area contributed by atoms with Gasteiger partial charge in [0, 0.05) is 24.1 Å². The maximum absolute atomic E-state index is 14.3. The van der Waals surface area contributed by atoms with Crippen LogP contribution in [0, 0.1) is 13.8 Å². The minimum absolute atomic E-state index is 0.0239. The number of fused-ring (bicyclic) bond motifs is 3. The van der Waals surface area contributed by atoms with E-state index in [2.05, 4.69) is 11.0 Å². The van der Waals surface area contributed by atoms with Crippen LogP contribution in [0.2, 0.25) is 0 Å². The third-order valence-electron chi connectivity index (χ3n) is 10.9. The molecule has 1 heterocycles. The number of morpholine rings is 1. The van der Waals surface area contributed by atoms with Crippen LogP contribution in [-0.4, -0.2) is 42.5 Å². The Hall–Kier alpha value is -3.95. The van der Waals surface area contributed by atoms with E-state index >= 15 is 0 Å². The standard InChI is InChI=1S/C41H41F6NO2/c1-26-23-31(40(42,43)44)12-9-28(26)15-17-39(18-16-29-10-13-32(24-27(29)2)41(45,46)47)35-8-6-5-7-33(35)34-14-11-30(25-36(34)39)37(49)38(3,4)48-19-21-50-22-20-48/h5-14,23-25H,15-22H2,1-4H3. The van der Waals surface area contributed by atoms with E-state index in [1.165, 1.54) is 12.1 Å². The highest BCUT2D eigenvalue weighted by atomic mass is 19.4. The van der Waals surface area contributed by atoms with Gasteiger partial charge in [0.1, 0.15) is 0 Å². The van der Waals surface area contributed by atoms with Crippen LogP contribution in [-0.2, 0) is 35.3 Å². The summed E-state index contributed by atoms with van der Waals surface area (Å²) in [5, 5.41) is 0. The third kappa shape index (κ3) is 6.74. The Morgan fingerprint density at radius 3 is 1.74 bits per heavy atom. The number of ketones is 1. The number of aryl methyl sites for hydroxylation is 4. The van der Waals surface area contributed by atoms with Crippen LogP contribution in [0.15, 0.2) is 78.9 Å². The molecule has 264 valence electrons. The van der Waals surface area contributed by atoms with Crippen LogP contribution < -0.4 is 0 Å². The maximum atomic E-state index is 14.3. The molecule has 0 bridgehead atoms. The zero-order valence-electron chi connectivity index (χ0n) is 28.7. The van der Waals surface area contributed by atoms with Crippen molar-refractivity contribution in [1.29, 1.82) is 0 Å². The average molecular weight is 694 g/mol. The molecule has 1 fully saturated rings. The van der Waals surface area contributed by atoms with Gasteiger partial charge in [-0.05, 0) is 128 Å². The molecule has 50 heavy (non-hydrogen) atoms. The molecule has 1 aliphatic carbocycles. The van der Waals surface area contributed by atoms with Crippen LogP contribution in [0.1, 0.15) is 81.6 Å². The maximum Gasteiger partial charge on any atom is 0.416 e. The summed E-state index contributed by atoms with van der Waals surface area (Å²) in [6.07, 6.45) is -6.94. The van der Waals surface area contributed by atoms with E-state index in [0.717, 1.165) is 45.5 Å². The van der Waals surface area contributed by atoms with Gasteiger partial charge >= 0.3 is 12.4 Å². The Morgan fingerprint density at radius 2 is 1.22 bits per heavy atom. The van der Waals surface area contributed by atoms with E-state index in [4.69, 9.17) is 4.74 Å². The summed E-state index contributed by atoms with van der Waals surface area (Å²) in [5.74, 6) is -0.0239. The van der Waals surface area contributed by atoms with Gasteiger partial charge in [0.2, 0.25) is 0 Å². The lowest BCUT2D eigenvalue weighted by molar-refractivity contribution is -0.138. The van der Waals surface area contributed by atoms with Crippen molar-refractivity contribution >= 4 is 5.78 Å². The molecule has 1 aliphatic heterocycles. The summed E-state index contributed by atoms with van der Waals surface area (Å²) >= 11 is 0. The number of halogens is 6. The second-order valence-corrected chi connectivity index (χ2v) is 14.2. The summed E-state index contributed by atoms with van der Waals surface area (Å²) in [5.41, 5.74) is 4.35. The molecule has 6 rings (SSSR count). The Morgan fingerprint density at radius 1 is 0.700 bits per heavy atom. The number of Topliss-reactive ketones (excluding diaryl/α,β-unsaturated/α-hetero) is 1. The average Bonchev–Trinajstić information content (AvgIpc) is 3.35. The first-order chi connectivity index (χ1) is 23.5. The Balaban J connectivity index is 1.44. The molecule has 4 aromatic rings. The highest BCUT2D eigenvalue weighted by Crippen LogP contribution is 2.54. The number of hydrogen-bond acceptors (Lipinski definition) is 3. The van der Waals surface area contributed by atoms with Gasteiger partial charge in [-0.1, -0.05) is 48.5 Å². The molecular weight excluding hydrogens is 652 g/mol. The zero-order valence-corrected chi connectivity index (χ0v) is 28.7. The van der Waals surface area contributed by atoms with Gasteiger partial charge in [-0.3, -0.25) is 9.69 Å². The molecule has 0 unspecified atom stereocenters. The van der Waals surface area contributed by atoms with Crippen molar-refractivity contribution in [3.63, 3.8) is 0 Å². The van der Waals surface area contributed by atoms with Crippen LogP contribution >= 0.6 is 0 Å². The number of carbonyl (C=O) groups excluding carboxylic acids is 1. The lowest BCUT2D eigenvalue weighted by Crippen LogP contribution is -2.54. The number of hydrogen-bond donors (Lipinski definition) is 0. The largest absolute Gasteiger partial charge is 0.416 e. The van der Waals surface area contributed by atoms with Gasteiger partial charge in [-0.25, -0.2) is 0 Å². The lowest BCUT2D eigenvalue weighted by Gasteiger charge is -2.40. The Labute approximate surface area is 289 Å². The first-order valence-electron chi connectivity index (χ1n) is 17.0. The normalized spacial score (nSPS) is 16.3. The number of carbonyl (C=O) groups is 1. The zero-order chi connectivity index (χ0) is 36.1. The van der Waals surface area contributed by atoms with E-state index in [1.54, 1.807) is 26.0 Å². The highest BCUT2D eigenvalue weighted by molar-refractivity contribution is 6.03. The van der Waals surface area contributed by atoms with Gasteiger partial charge in [0.05, 0.1) is 29.9 Å². The van der Waals surface area contributed by atoms with E-state index in [9.17, 15) is 31.1 Å². The fourth-order valence-electron chi connectivity index (χ4n) is 7.88. The summed E-state index contributed by atoms with van der Waals surface area (Å²) in [7, 11) is 0. The summed E-state index contributed by atoms with van der Waals surface area (Å²) in [6.45, 7) is 9.59. The minimum Gasteiger partial charge on any atom is -0.379 e. The minimum atomic E-state index is -4.45. The van der Waals surface area contributed by atoms with Crippen molar-refractivity contribution in [2.45, 2.75) is 76.7 Å². The SMILES string of the molecule is Cc1cc(C(F)(F)F)ccc1CCC1(CCc2ccc(C(F)(F)F)cc2C)c2ccccc2-c2ccc(C(=O)C(C)(C)N3CCOCC3)cc21. The highest BCUT2D eigenvalue weighted by Gasteiger charge is 2.44. The number of nitrogens with zero attached hydrogens (tertiary/aromatic N) is 1. The Kier molecular flexibility index (Phi) is 9.54. The van der Waals surface area contributed by atoms with Crippen LogP contribution in [0.3, 0.4) is 0 Å². The van der Waals surface area contributed by atoms with Gasteiger partial charge in [0.25, 0.3) is 0 Å². The van der Waals surface area contributed by atoms with Crippen molar-refractivity contribution in [3.05, 3.63) is 129 Å². The monoisotopic (exact) mass is 693 g/mol. The predicted molar refractivity (Wildman–Crippen MR) is 182 cm³/mol. The van der Waals surface area contributed by atoms with Crippen LogP contribution in [0.25, 0.3) is 11.1 Å². The second-order valence-electron chi connectivity index (χ2n) is 14.2. The summed E-state index contributed by atoms with van der Waals surface area (Å²) in [4.78, 5) is 16.4. The molecule has 0 radical (unpaired) electrons. The van der Waals surface area contributed by atoms with E-state index in [0.29, 0.717) is 68.7 Å². The van der Waals surface area contributed by atoms with Gasteiger partial charge in [-0.15, -0.1) is 0 Å². The molecule has 9 heteroatoms. The fourth-order valence-corrected chi connectivity index (χ4v) is 7.88. The van der Waals surface area contributed by atoms with Gasteiger partial charge in [0.15, 0.2) is 5.78 Å². The van der Waals surface area contributed by atoms with Gasteiger partial charge in [-0.2, -0.15) is 26.3 Å².